The average molecular weight is 387 g/mol. The quantitative estimate of drug-likeness (QED) is 0.595. The van der Waals surface area contributed by atoms with Gasteiger partial charge < -0.3 is 4.74 Å². The summed E-state index contributed by atoms with van der Waals surface area (Å²) >= 11 is 0. The lowest BCUT2D eigenvalue weighted by molar-refractivity contribution is 0.0732. The van der Waals surface area contributed by atoms with Crippen molar-refractivity contribution < 1.29 is 22.7 Å². The summed E-state index contributed by atoms with van der Waals surface area (Å²) in [4.78, 5) is 24.9. The monoisotopic (exact) mass is 387 g/mol. The van der Waals surface area contributed by atoms with Crippen molar-refractivity contribution in [1.29, 1.82) is 0 Å². The molecule has 1 atom stereocenters. The summed E-state index contributed by atoms with van der Waals surface area (Å²) in [5.74, 6) is -0.319. The van der Waals surface area contributed by atoms with E-state index in [4.69, 9.17) is 4.74 Å². The Balaban J connectivity index is 1.89. The maximum absolute atomic E-state index is 12.5. The Bertz CT molecular complexity index is 1020. The topological polar surface area (TPSA) is 80.8 Å². The van der Waals surface area contributed by atoms with Gasteiger partial charge in [-0.3, -0.25) is 4.79 Å². The minimum atomic E-state index is -3.57. The molecule has 6 nitrogen and oxygen atoms in total. The fourth-order valence-corrected chi connectivity index (χ4v) is 4.23. The van der Waals surface area contributed by atoms with Gasteiger partial charge in [-0.05, 0) is 54.3 Å². The summed E-state index contributed by atoms with van der Waals surface area (Å²) < 4.78 is 30.8. The number of carbonyl (C=O) groups excluding carboxylic acids is 2. The Morgan fingerprint density at radius 1 is 1.11 bits per heavy atom. The predicted molar refractivity (Wildman–Crippen MR) is 101 cm³/mol. The molecule has 7 heteroatoms. The minimum Gasteiger partial charge on any atom is -0.422 e. The molecule has 0 bridgehead atoms. The molecule has 2 aromatic carbocycles. The lowest BCUT2D eigenvalue weighted by Crippen LogP contribution is -2.22. The number of ketones is 1. The molecule has 0 saturated carbocycles. The van der Waals surface area contributed by atoms with Crippen LogP contribution < -0.4 is 4.74 Å². The van der Waals surface area contributed by atoms with E-state index in [2.05, 4.69) is 0 Å². The third-order valence-electron chi connectivity index (χ3n) is 4.76. The van der Waals surface area contributed by atoms with Crippen LogP contribution in [0, 0.1) is 6.92 Å². The molecule has 1 aliphatic carbocycles. The highest BCUT2D eigenvalue weighted by molar-refractivity contribution is 7.89. The van der Waals surface area contributed by atoms with E-state index in [1.54, 1.807) is 6.07 Å². The number of ether oxygens (including phenoxy) is 1. The van der Waals surface area contributed by atoms with Crippen LogP contribution in [0.5, 0.6) is 5.75 Å². The van der Waals surface area contributed by atoms with Gasteiger partial charge in [-0.25, -0.2) is 17.5 Å². The average Bonchev–Trinajstić information content (AvgIpc) is 2.92. The lowest BCUT2D eigenvalue weighted by Gasteiger charge is -2.13. The normalized spacial score (nSPS) is 16.5. The minimum absolute atomic E-state index is 0.0311. The van der Waals surface area contributed by atoms with Gasteiger partial charge in [0.15, 0.2) is 5.78 Å². The second kappa shape index (κ2) is 6.90. The van der Waals surface area contributed by atoms with Crippen molar-refractivity contribution in [3.05, 3.63) is 58.7 Å². The number of hydrogen-bond acceptors (Lipinski definition) is 5. The van der Waals surface area contributed by atoms with Gasteiger partial charge in [0.25, 0.3) is 0 Å². The first kappa shape index (κ1) is 19.3. The van der Waals surface area contributed by atoms with Crippen LogP contribution in [0.1, 0.15) is 51.1 Å². The van der Waals surface area contributed by atoms with Crippen LogP contribution in [0.4, 0.5) is 0 Å². The molecule has 0 radical (unpaired) electrons. The molecule has 2 aromatic rings. The molecule has 0 aromatic heterocycles. The first-order valence-corrected chi connectivity index (χ1v) is 9.98. The van der Waals surface area contributed by atoms with E-state index in [0.717, 1.165) is 15.4 Å². The van der Waals surface area contributed by atoms with Gasteiger partial charge in [-0.15, -0.1) is 0 Å². The summed E-state index contributed by atoms with van der Waals surface area (Å²) in [7, 11) is -0.692. The molecule has 142 valence electrons. The fourth-order valence-electron chi connectivity index (χ4n) is 3.33. The van der Waals surface area contributed by atoms with Crippen molar-refractivity contribution >= 4 is 21.8 Å². The van der Waals surface area contributed by atoms with Gasteiger partial charge >= 0.3 is 5.97 Å². The number of rotatable bonds is 4. The molecule has 0 spiro atoms. The summed E-state index contributed by atoms with van der Waals surface area (Å²) in [6, 6.07) is 8.99. The van der Waals surface area contributed by atoms with Crippen molar-refractivity contribution in [2.45, 2.75) is 31.1 Å². The van der Waals surface area contributed by atoms with E-state index < -0.39 is 16.0 Å². The molecule has 0 unspecified atom stereocenters. The highest BCUT2D eigenvalue weighted by atomic mass is 32.2. The van der Waals surface area contributed by atoms with Crippen LogP contribution in [0.2, 0.25) is 0 Å². The van der Waals surface area contributed by atoms with Crippen LogP contribution in [0.3, 0.4) is 0 Å². The third-order valence-corrected chi connectivity index (χ3v) is 6.59. The number of aryl methyl sites for hydroxylation is 1. The second-order valence-electron chi connectivity index (χ2n) is 6.90. The highest BCUT2D eigenvalue weighted by Crippen LogP contribution is 2.40. The highest BCUT2D eigenvalue weighted by Gasteiger charge is 2.32. The second-order valence-corrected chi connectivity index (χ2v) is 9.05. The van der Waals surface area contributed by atoms with Crippen LogP contribution in [-0.4, -0.2) is 38.6 Å². The standard InChI is InChI=1S/C20H21NO5S/c1-12-5-10-17(19-16(22)11-13(2)18(12)19)26-20(23)14-6-8-15(9-7-14)27(24,25)21(3)4/h5-10,13H,11H2,1-4H3/t13-/m0/s1. The van der Waals surface area contributed by atoms with Crippen molar-refractivity contribution in [2.75, 3.05) is 14.1 Å². The van der Waals surface area contributed by atoms with Crippen LogP contribution in [-0.2, 0) is 10.0 Å². The number of Topliss-reactive ketones (excluding diaryl/α,β-unsaturated/α-hetero) is 1. The predicted octanol–water partition coefficient (Wildman–Crippen LogP) is 3.15. The molecular weight excluding hydrogens is 366 g/mol. The number of carbonyl (C=O) groups is 2. The summed E-state index contributed by atoms with van der Waals surface area (Å²) in [6.07, 6.45) is 0.405. The van der Waals surface area contributed by atoms with Crippen molar-refractivity contribution in [1.82, 2.24) is 4.31 Å². The Kier molecular flexibility index (Phi) is 4.92. The van der Waals surface area contributed by atoms with Gasteiger partial charge in [0.05, 0.1) is 16.0 Å². The van der Waals surface area contributed by atoms with Crippen LogP contribution >= 0.6 is 0 Å². The van der Waals surface area contributed by atoms with E-state index >= 15 is 0 Å². The van der Waals surface area contributed by atoms with E-state index in [1.165, 1.54) is 38.4 Å². The van der Waals surface area contributed by atoms with E-state index in [-0.39, 0.29) is 27.9 Å². The van der Waals surface area contributed by atoms with Crippen molar-refractivity contribution in [3.8, 4) is 5.75 Å². The van der Waals surface area contributed by atoms with Gasteiger partial charge in [-0.1, -0.05) is 13.0 Å². The molecule has 1 aliphatic rings. The molecule has 0 heterocycles. The summed E-state index contributed by atoms with van der Waals surface area (Å²) in [5, 5.41) is 0. The zero-order valence-electron chi connectivity index (χ0n) is 15.6. The molecule has 0 saturated heterocycles. The Hall–Kier alpha value is -2.51. The van der Waals surface area contributed by atoms with E-state index in [9.17, 15) is 18.0 Å². The Morgan fingerprint density at radius 3 is 2.33 bits per heavy atom. The van der Waals surface area contributed by atoms with Gasteiger partial charge in [0.2, 0.25) is 10.0 Å². The maximum Gasteiger partial charge on any atom is 0.343 e. The van der Waals surface area contributed by atoms with Crippen LogP contribution in [0.15, 0.2) is 41.3 Å². The molecule has 3 rings (SSSR count). The molecule has 0 amide bonds. The number of sulfonamides is 1. The van der Waals surface area contributed by atoms with E-state index in [1.807, 2.05) is 19.9 Å². The molecular formula is C20H21NO5S. The first-order chi connectivity index (χ1) is 12.6. The Morgan fingerprint density at radius 2 is 1.74 bits per heavy atom. The number of nitrogens with zero attached hydrogens (tertiary/aromatic N) is 1. The number of hydrogen-bond donors (Lipinski definition) is 0. The number of fused-ring (bicyclic) bond motifs is 1. The summed E-state index contributed by atoms with van der Waals surface area (Å²) in [6.45, 7) is 3.91. The molecule has 0 aliphatic heterocycles. The van der Waals surface area contributed by atoms with Crippen LogP contribution in [0.25, 0.3) is 0 Å². The number of benzene rings is 2. The maximum atomic E-state index is 12.5. The van der Waals surface area contributed by atoms with E-state index in [0.29, 0.717) is 12.0 Å². The first-order valence-electron chi connectivity index (χ1n) is 8.54. The fraction of sp³-hybridized carbons (Fsp3) is 0.300. The SMILES string of the molecule is Cc1ccc(OC(=O)c2ccc(S(=O)(=O)N(C)C)cc2)c2c1[C@@H](C)CC2=O. The third kappa shape index (κ3) is 3.40. The zero-order chi connectivity index (χ0) is 19.9. The lowest BCUT2D eigenvalue weighted by atomic mass is 9.97. The summed E-state index contributed by atoms with van der Waals surface area (Å²) in [5.41, 5.74) is 2.61. The molecule has 27 heavy (non-hydrogen) atoms. The van der Waals surface area contributed by atoms with Gasteiger partial charge in [0, 0.05) is 20.5 Å². The molecule has 0 N–H and O–H groups in total. The molecule has 0 fully saturated rings. The number of esters is 1. The largest absolute Gasteiger partial charge is 0.422 e. The van der Waals surface area contributed by atoms with Gasteiger partial charge in [-0.2, -0.15) is 0 Å². The van der Waals surface area contributed by atoms with Crippen molar-refractivity contribution in [2.24, 2.45) is 0 Å². The zero-order valence-corrected chi connectivity index (χ0v) is 16.5. The van der Waals surface area contributed by atoms with Crippen molar-refractivity contribution in [3.63, 3.8) is 0 Å². The van der Waals surface area contributed by atoms with Gasteiger partial charge in [0.1, 0.15) is 5.75 Å². The Labute approximate surface area is 158 Å². The smallest absolute Gasteiger partial charge is 0.343 e.